The number of rotatable bonds is 4. The lowest BCUT2D eigenvalue weighted by Gasteiger charge is -2.26. The first-order valence-electron chi connectivity index (χ1n) is 10.6. The van der Waals surface area contributed by atoms with Gasteiger partial charge in [-0.3, -0.25) is 25.5 Å². The lowest BCUT2D eigenvalue weighted by molar-refractivity contribution is -0.138. The highest BCUT2D eigenvalue weighted by Crippen LogP contribution is 2.32. The number of fused-ring (bicyclic) bond motifs is 1. The molecule has 0 bridgehead atoms. The number of ether oxygens (including phenoxy) is 2. The third-order valence-corrected chi connectivity index (χ3v) is 5.03. The average Bonchev–Trinajstić information content (AvgIpc) is 2.87. The number of benzodiazepines with no additional fused rings is 1. The highest BCUT2D eigenvalue weighted by molar-refractivity contribution is 6.31. The molecule has 33 heavy (non-hydrogen) atoms. The number of benzene rings is 2. The first-order valence-corrected chi connectivity index (χ1v) is 11.0. The van der Waals surface area contributed by atoms with E-state index in [1.54, 1.807) is 18.9 Å². The van der Waals surface area contributed by atoms with Crippen molar-refractivity contribution < 1.29 is 14.3 Å². The number of carbonyl (C=O) groups excluding carboxylic acids is 1. The van der Waals surface area contributed by atoms with Crippen molar-refractivity contribution in [2.75, 3.05) is 12.0 Å². The fraction of sp³-hybridized carbons (Fsp3) is 0.360. The molecular formula is C25H31ClN4O3. The van der Waals surface area contributed by atoms with Gasteiger partial charge in [-0.2, -0.15) is 0 Å². The van der Waals surface area contributed by atoms with Crippen molar-refractivity contribution in [1.82, 2.24) is 0 Å². The summed E-state index contributed by atoms with van der Waals surface area (Å²) in [4.78, 5) is 16.1. The van der Waals surface area contributed by atoms with Gasteiger partial charge in [-0.25, -0.2) is 0 Å². The molecule has 2 N–H and O–H groups in total. The predicted octanol–water partition coefficient (Wildman–Crippen LogP) is 5.72. The summed E-state index contributed by atoms with van der Waals surface area (Å²) in [6.07, 6.45) is 0.671. The minimum atomic E-state index is -0.334. The van der Waals surface area contributed by atoms with Crippen LogP contribution >= 0.6 is 11.6 Å². The molecule has 0 fully saturated rings. The number of carbonyl (C=O) groups is 1. The Morgan fingerprint density at radius 1 is 1.21 bits per heavy atom. The molecule has 0 unspecified atom stereocenters. The zero-order chi connectivity index (χ0) is 24.8. The van der Waals surface area contributed by atoms with E-state index in [2.05, 4.69) is 4.74 Å². The topological polar surface area (TPSA) is 98.8 Å². The van der Waals surface area contributed by atoms with E-state index < -0.39 is 0 Å². The van der Waals surface area contributed by atoms with Gasteiger partial charge in [-0.15, -0.1) is 0 Å². The number of hydrogen-bond donors (Lipinski definition) is 2. The normalized spacial score (nSPS) is 15.4. The van der Waals surface area contributed by atoms with E-state index in [-0.39, 0.29) is 17.5 Å². The second kappa shape index (κ2) is 11.1. The first kappa shape index (κ1) is 26.1. The summed E-state index contributed by atoms with van der Waals surface area (Å²) in [6.45, 7) is 9.60. The minimum Gasteiger partial charge on any atom is -0.497 e. The second-order valence-corrected chi connectivity index (χ2v) is 8.86. The van der Waals surface area contributed by atoms with Crippen molar-refractivity contribution in [3.8, 4) is 5.75 Å². The Labute approximate surface area is 200 Å². The molecule has 0 saturated carbocycles. The Hall–Kier alpha value is -3.19. The smallest absolute Gasteiger partial charge is 0.293 e. The Morgan fingerprint density at radius 2 is 1.85 bits per heavy atom. The fourth-order valence-corrected chi connectivity index (χ4v) is 3.35. The number of amidine groups is 2. The summed E-state index contributed by atoms with van der Waals surface area (Å²) >= 11 is 6.04. The summed E-state index contributed by atoms with van der Waals surface area (Å²) in [7, 11) is 1.62. The maximum absolute atomic E-state index is 9.60. The van der Waals surface area contributed by atoms with E-state index >= 15 is 0 Å². The van der Waals surface area contributed by atoms with Crippen LogP contribution in [0.2, 0.25) is 5.02 Å². The van der Waals surface area contributed by atoms with Crippen molar-refractivity contribution in [3.63, 3.8) is 0 Å². The van der Waals surface area contributed by atoms with Crippen molar-refractivity contribution in [2.45, 2.75) is 52.7 Å². The zero-order valence-electron chi connectivity index (χ0n) is 19.9. The van der Waals surface area contributed by atoms with Gasteiger partial charge in [0.05, 0.1) is 18.5 Å². The maximum atomic E-state index is 9.60. The predicted molar refractivity (Wildman–Crippen MR) is 135 cm³/mol. The molecule has 0 saturated heterocycles. The minimum absolute atomic E-state index is 0.285. The summed E-state index contributed by atoms with van der Waals surface area (Å²) in [5.74, 6) is 1.29. The van der Waals surface area contributed by atoms with E-state index in [1.165, 1.54) is 0 Å². The monoisotopic (exact) mass is 470 g/mol. The summed E-state index contributed by atoms with van der Waals surface area (Å²) in [5.41, 5.74) is 2.96. The van der Waals surface area contributed by atoms with E-state index in [0.29, 0.717) is 29.5 Å². The zero-order valence-corrected chi connectivity index (χ0v) is 20.7. The fourth-order valence-electron chi connectivity index (χ4n) is 3.22. The van der Waals surface area contributed by atoms with E-state index in [4.69, 9.17) is 32.1 Å². The van der Waals surface area contributed by atoms with Crippen LogP contribution in [0, 0.1) is 10.8 Å². The molecule has 0 aromatic heterocycles. The number of halogens is 1. The van der Waals surface area contributed by atoms with Crippen molar-refractivity contribution in [2.24, 2.45) is 4.99 Å². The molecule has 1 aliphatic rings. The summed E-state index contributed by atoms with van der Waals surface area (Å²) in [5, 5.41) is 17.5. The molecule has 0 radical (unpaired) electrons. The van der Waals surface area contributed by atoms with Crippen molar-refractivity contribution in [1.29, 1.82) is 10.8 Å². The van der Waals surface area contributed by atoms with Crippen LogP contribution in [0.1, 0.15) is 52.2 Å². The number of aliphatic imine (C=N–C) groups is 1. The standard InChI is InChI=1S/C20H21ClN4O.C5H10O2/c1-4-17-20(23)25(12(2)22)18-10-9-15(26-3)11-16(18)19(24-17)13-5-7-14(21)8-6-13;1-5(2,3)7-4-6/h5-11,17,22-23H,4H2,1-3H3;4H,1-3H3/t17-;/m0./s1. The SMILES string of the molecule is CC(C)(C)OC=O.CC[C@@H]1N=C(c2ccc(Cl)cc2)c2cc(OC)ccc2N(C(C)=N)C1=N. The van der Waals surface area contributed by atoms with Crippen LogP contribution in [-0.4, -0.2) is 42.6 Å². The molecule has 7 nitrogen and oxygen atoms in total. The molecule has 2 aromatic rings. The van der Waals surface area contributed by atoms with Crippen LogP contribution in [0.5, 0.6) is 5.75 Å². The van der Waals surface area contributed by atoms with Gasteiger partial charge in [0, 0.05) is 16.1 Å². The Balaban J connectivity index is 0.000000479. The lowest BCUT2D eigenvalue weighted by Crippen LogP contribution is -2.40. The molecule has 0 amide bonds. The number of nitrogens with zero attached hydrogens (tertiary/aromatic N) is 2. The highest BCUT2D eigenvalue weighted by atomic mass is 35.5. The van der Waals surface area contributed by atoms with Gasteiger partial charge in [0.25, 0.3) is 6.47 Å². The molecule has 0 aliphatic carbocycles. The lowest BCUT2D eigenvalue weighted by atomic mass is 9.99. The van der Waals surface area contributed by atoms with Gasteiger partial charge in [-0.05, 0) is 64.4 Å². The second-order valence-electron chi connectivity index (χ2n) is 8.42. The number of anilines is 1. The van der Waals surface area contributed by atoms with E-state index in [1.807, 2.05) is 70.2 Å². The van der Waals surface area contributed by atoms with Crippen LogP contribution in [0.15, 0.2) is 47.5 Å². The highest BCUT2D eigenvalue weighted by Gasteiger charge is 2.30. The van der Waals surface area contributed by atoms with Crippen LogP contribution in [0.25, 0.3) is 0 Å². The Morgan fingerprint density at radius 3 is 2.30 bits per heavy atom. The summed E-state index contributed by atoms with van der Waals surface area (Å²) in [6, 6.07) is 12.8. The third-order valence-electron chi connectivity index (χ3n) is 4.78. The first-order chi connectivity index (χ1) is 15.5. The quantitative estimate of drug-likeness (QED) is 0.339. The van der Waals surface area contributed by atoms with Gasteiger partial charge < -0.3 is 9.47 Å². The van der Waals surface area contributed by atoms with Gasteiger partial charge in [0.2, 0.25) is 0 Å². The average molecular weight is 471 g/mol. The van der Waals surface area contributed by atoms with E-state index in [9.17, 15) is 4.79 Å². The number of methoxy groups -OCH3 is 1. The molecule has 8 heteroatoms. The molecule has 2 aromatic carbocycles. The molecule has 0 spiro atoms. The largest absolute Gasteiger partial charge is 0.497 e. The molecule has 1 aliphatic heterocycles. The Kier molecular flexibility index (Phi) is 8.76. The molecule has 3 rings (SSSR count). The van der Waals surface area contributed by atoms with Gasteiger partial charge in [0.1, 0.15) is 29.1 Å². The molecule has 1 heterocycles. The van der Waals surface area contributed by atoms with Gasteiger partial charge >= 0.3 is 0 Å². The number of hydrogen-bond acceptors (Lipinski definition) is 6. The Bertz CT molecular complexity index is 1040. The van der Waals surface area contributed by atoms with Crippen molar-refractivity contribution in [3.05, 3.63) is 58.6 Å². The van der Waals surface area contributed by atoms with Gasteiger partial charge in [-0.1, -0.05) is 30.7 Å². The molecular weight excluding hydrogens is 440 g/mol. The number of nitrogens with one attached hydrogen (secondary N) is 2. The summed E-state index contributed by atoms with van der Waals surface area (Å²) < 4.78 is 9.95. The molecule has 1 atom stereocenters. The van der Waals surface area contributed by atoms with E-state index in [0.717, 1.165) is 22.5 Å². The van der Waals surface area contributed by atoms with Crippen LogP contribution in [0.3, 0.4) is 0 Å². The maximum Gasteiger partial charge on any atom is 0.293 e. The van der Waals surface area contributed by atoms with Crippen LogP contribution in [0.4, 0.5) is 5.69 Å². The van der Waals surface area contributed by atoms with Crippen LogP contribution in [-0.2, 0) is 9.53 Å². The van der Waals surface area contributed by atoms with Crippen molar-refractivity contribution >= 4 is 41.1 Å². The van der Waals surface area contributed by atoms with Gasteiger partial charge in [0.15, 0.2) is 0 Å². The molecule has 176 valence electrons. The van der Waals surface area contributed by atoms with Crippen LogP contribution < -0.4 is 9.64 Å². The third kappa shape index (κ3) is 6.65.